The van der Waals surface area contributed by atoms with Gasteiger partial charge in [-0.1, -0.05) is 37.5 Å². The number of carbonyl (C=O) groups is 1. The molecule has 2 aliphatic rings. The summed E-state index contributed by atoms with van der Waals surface area (Å²) in [5, 5.41) is 0. The van der Waals surface area contributed by atoms with E-state index >= 15 is 0 Å². The summed E-state index contributed by atoms with van der Waals surface area (Å²) in [6, 6.07) is 8.22. The van der Waals surface area contributed by atoms with Gasteiger partial charge in [0.15, 0.2) is 0 Å². The van der Waals surface area contributed by atoms with Gasteiger partial charge in [0.1, 0.15) is 6.61 Å². The molecule has 1 amide bonds. The second kappa shape index (κ2) is 6.40. The largest absolute Gasteiger partial charge is 0.368 e. The summed E-state index contributed by atoms with van der Waals surface area (Å²) in [5.41, 5.74) is 2.36. The first-order chi connectivity index (χ1) is 9.84. The predicted octanol–water partition coefficient (Wildman–Crippen LogP) is 3.32. The number of aryl methyl sites for hydroxylation is 1. The van der Waals surface area contributed by atoms with Crippen molar-refractivity contribution >= 4 is 11.6 Å². The standard InChI is InChI=1S/C17H23NO2/c19-17(13-20-15-9-2-1-3-10-15)18-12-6-8-14-7-4-5-11-16(14)18/h4-5,7,11,15H,1-3,6,8-10,12-13H2. The highest BCUT2D eigenvalue weighted by molar-refractivity contribution is 5.95. The van der Waals surface area contributed by atoms with Gasteiger partial charge >= 0.3 is 0 Å². The molecular formula is C17H23NO2. The molecule has 3 heteroatoms. The van der Waals surface area contributed by atoms with Gasteiger partial charge in [0.05, 0.1) is 6.10 Å². The Morgan fingerprint density at radius 1 is 1.15 bits per heavy atom. The fourth-order valence-electron chi connectivity index (χ4n) is 3.29. The minimum atomic E-state index is 0.114. The first-order valence-electron chi connectivity index (χ1n) is 7.84. The molecule has 0 saturated heterocycles. The molecule has 108 valence electrons. The van der Waals surface area contributed by atoms with Crippen molar-refractivity contribution in [3.63, 3.8) is 0 Å². The summed E-state index contributed by atoms with van der Waals surface area (Å²) in [6.07, 6.45) is 8.45. The van der Waals surface area contributed by atoms with E-state index in [9.17, 15) is 4.79 Å². The predicted molar refractivity (Wildman–Crippen MR) is 79.9 cm³/mol. The molecule has 0 spiro atoms. The van der Waals surface area contributed by atoms with Gasteiger partial charge in [0.2, 0.25) is 0 Å². The van der Waals surface area contributed by atoms with E-state index in [1.54, 1.807) is 0 Å². The number of hydrogen-bond donors (Lipinski definition) is 0. The smallest absolute Gasteiger partial charge is 0.252 e. The first-order valence-corrected chi connectivity index (χ1v) is 7.84. The van der Waals surface area contributed by atoms with Crippen molar-refractivity contribution in [1.82, 2.24) is 0 Å². The Kier molecular flexibility index (Phi) is 4.36. The quantitative estimate of drug-likeness (QED) is 0.845. The molecule has 0 unspecified atom stereocenters. The SMILES string of the molecule is O=C(COC1CCCCC1)N1CCCc2ccccc21. The fraction of sp³-hybridized carbons (Fsp3) is 0.588. The zero-order valence-corrected chi connectivity index (χ0v) is 12.0. The van der Waals surface area contributed by atoms with Crippen LogP contribution in [0.1, 0.15) is 44.1 Å². The van der Waals surface area contributed by atoms with Crippen LogP contribution in [0, 0.1) is 0 Å². The fourth-order valence-corrected chi connectivity index (χ4v) is 3.29. The number of rotatable bonds is 3. The van der Waals surface area contributed by atoms with E-state index in [2.05, 4.69) is 6.07 Å². The van der Waals surface area contributed by atoms with Gasteiger partial charge < -0.3 is 9.64 Å². The number of hydrogen-bond acceptors (Lipinski definition) is 2. The normalized spacial score (nSPS) is 19.7. The lowest BCUT2D eigenvalue weighted by Gasteiger charge is -2.30. The Labute approximate surface area is 120 Å². The van der Waals surface area contributed by atoms with Crippen LogP contribution < -0.4 is 4.90 Å². The van der Waals surface area contributed by atoms with Gasteiger partial charge in [-0.2, -0.15) is 0 Å². The van der Waals surface area contributed by atoms with Crippen LogP contribution in [-0.4, -0.2) is 25.2 Å². The van der Waals surface area contributed by atoms with Crippen LogP contribution in [0.5, 0.6) is 0 Å². The highest BCUT2D eigenvalue weighted by Crippen LogP contribution is 2.27. The Hall–Kier alpha value is -1.35. The molecule has 0 radical (unpaired) electrons. The molecule has 0 aromatic heterocycles. The molecule has 1 aromatic rings. The van der Waals surface area contributed by atoms with E-state index in [1.807, 2.05) is 23.1 Å². The van der Waals surface area contributed by atoms with Crippen LogP contribution in [0.2, 0.25) is 0 Å². The van der Waals surface area contributed by atoms with Gasteiger partial charge in [0, 0.05) is 12.2 Å². The molecule has 3 rings (SSSR count). The van der Waals surface area contributed by atoms with Crippen molar-refractivity contribution in [3.8, 4) is 0 Å². The number of fused-ring (bicyclic) bond motifs is 1. The summed E-state index contributed by atoms with van der Waals surface area (Å²) in [7, 11) is 0. The summed E-state index contributed by atoms with van der Waals surface area (Å²) < 4.78 is 5.82. The van der Waals surface area contributed by atoms with Crippen molar-refractivity contribution in [1.29, 1.82) is 0 Å². The van der Waals surface area contributed by atoms with Crippen LogP contribution in [-0.2, 0) is 16.0 Å². The van der Waals surface area contributed by atoms with Crippen LogP contribution in [0.25, 0.3) is 0 Å². The average molecular weight is 273 g/mol. The van der Waals surface area contributed by atoms with Gasteiger partial charge in [-0.3, -0.25) is 4.79 Å². The van der Waals surface area contributed by atoms with Crippen LogP contribution in [0.3, 0.4) is 0 Å². The van der Waals surface area contributed by atoms with Gasteiger partial charge in [-0.05, 0) is 37.3 Å². The molecule has 0 bridgehead atoms. The number of nitrogens with zero attached hydrogens (tertiary/aromatic N) is 1. The lowest BCUT2D eigenvalue weighted by molar-refractivity contribution is -0.125. The molecule has 1 saturated carbocycles. The van der Waals surface area contributed by atoms with Gasteiger partial charge in [0.25, 0.3) is 5.91 Å². The van der Waals surface area contributed by atoms with Gasteiger partial charge in [-0.15, -0.1) is 0 Å². The lowest BCUT2D eigenvalue weighted by Crippen LogP contribution is -2.38. The lowest BCUT2D eigenvalue weighted by atomic mass is 9.98. The second-order valence-corrected chi connectivity index (χ2v) is 5.85. The molecular weight excluding hydrogens is 250 g/mol. The Balaban J connectivity index is 1.60. The third kappa shape index (κ3) is 3.04. The maximum absolute atomic E-state index is 12.4. The molecule has 1 aliphatic carbocycles. The minimum absolute atomic E-state index is 0.114. The Morgan fingerprint density at radius 3 is 2.80 bits per heavy atom. The van der Waals surface area contributed by atoms with E-state index in [1.165, 1.54) is 24.8 Å². The molecule has 3 nitrogen and oxygen atoms in total. The number of carbonyl (C=O) groups excluding carboxylic acids is 1. The third-order valence-corrected chi connectivity index (χ3v) is 4.41. The van der Waals surface area contributed by atoms with E-state index in [0.717, 1.165) is 37.9 Å². The maximum Gasteiger partial charge on any atom is 0.252 e. The Bertz CT molecular complexity index is 466. The monoisotopic (exact) mass is 273 g/mol. The summed E-state index contributed by atoms with van der Waals surface area (Å²) in [4.78, 5) is 14.3. The van der Waals surface area contributed by atoms with E-state index in [-0.39, 0.29) is 12.5 Å². The van der Waals surface area contributed by atoms with Crippen molar-refractivity contribution in [2.24, 2.45) is 0 Å². The molecule has 1 fully saturated rings. The highest BCUT2D eigenvalue weighted by Gasteiger charge is 2.23. The zero-order valence-electron chi connectivity index (χ0n) is 12.0. The minimum Gasteiger partial charge on any atom is -0.368 e. The topological polar surface area (TPSA) is 29.5 Å². The zero-order chi connectivity index (χ0) is 13.8. The number of para-hydroxylation sites is 1. The van der Waals surface area contributed by atoms with Crippen LogP contribution in [0.4, 0.5) is 5.69 Å². The molecule has 0 N–H and O–H groups in total. The molecule has 1 aromatic carbocycles. The summed E-state index contributed by atoms with van der Waals surface area (Å²) in [6.45, 7) is 1.06. The van der Waals surface area contributed by atoms with Crippen molar-refractivity contribution in [2.45, 2.75) is 51.0 Å². The third-order valence-electron chi connectivity index (χ3n) is 4.41. The first kappa shape index (κ1) is 13.6. The summed E-state index contributed by atoms with van der Waals surface area (Å²) >= 11 is 0. The van der Waals surface area contributed by atoms with E-state index in [0.29, 0.717) is 6.10 Å². The number of amides is 1. The maximum atomic E-state index is 12.4. The number of ether oxygens (including phenoxy) is 1. The van der Waals surface area contributed by atoms with Gasteiger partial charge in [-0.25, -0.2) is 0 Å². The van der Waals surface area contributed by atoms with Crippen molar-refractivity contribution in [3.05, 3.63) is 29.8 Å². The average Bonchev–Trinajstić information content (AvgIpc) is 2.53. The summed E-state index contributed by atoms with van der Waals surface area (Å²) in [5.74, 6) is 0.114. The van der Waals surface area contributed by atoms with Crippen molar-refractivity contribution in [2.75, 3.05) is 18.1 Å². The molecule has 1 aliphatic heterocycles. The van der Waals surface area contributed by atoms with Crippen molar-refractivity contribution < 1.29 is 9.53 Å². The van der Waals surface area contributed by atoms with E-state index < -0.39 is 0 Å². The van der Waals surface area contributed by atoms with Crippen LogP contribution in [0.15, 0.2) is 24.3 Å². The second-order valence-electron chi connectivity index (χ2n) is 5.85. The van der Waals surface area contributed by atoms with Crippen LogP contribution >= 0.6 is 0 Å². The molecule has 20 heavy (non-hydrogen) atoms. The molecule has 1 heterocycles. The number of anilines is 1. The highest BCUT2D eigenvalue weighted by atomic mass is 16.5. The Morgan fingerprint density at radius 2 is 1.95 bits per heavy atom. The number of benzene rings is 1. The molecule has 0 atom stereocenters. The van der Waals surface area contributed by atoms with E-state index in [4.69, 9.17) is 4.74 Å².